The zero-order valence-electron chi connectivity index (χ0n) is 11.2. The van der Waals surface area contributed by atoms with Gasteiger partial charge in [-0.2, -0.15) is 0 Å². The molecule has 17 heavy (non-hydrogen) atoms. The van der Waals surface area contributed by atoms with Gasteiger partial charge in [0.25, 0.3) is 0 Å². The number of rotatable bonds is 8. The summed E-state index contributed by atoms with van der Waals surface area (Å²) in [7, 11) is 1.92. The third-order valence-corrected chi connectivity index (χ3v) is 2.97. The summed E-state index contributed by atoms with van der Waals surface area (Å²) in [5, 5.41) is 0. The number of likely N-dealkylation sites (N-methyl/N-ethyl adjacent to an activating group) is 1. The van der Waals surface area contributed by atoms with Gasteiger partial charge in [0.15, 0.2) is 0 Å². The Morgan fingerprint density at radius 1 is 1.47 bits per heavy atom. The van der Waals surface area contributed by atoms with E-state index in [2.05, 4.69) is 6.92 Å². The molecule has 0 aromatic carbocycles. The molecule has 0 spiro atoms. The van der Waals surface area contributed by atoms with Gasteiger partial charge in [-0.1, -0.05) is 25.6 Å². The molecule has 100 valence electrons. The number of hydrogen-bond donors (Lipinski definition) is 1. The van der Waals surface area contributed by atoms with Crippen LogP contribution in [0.1, 0.15) is 40.0 Å². The number of esters is 1. The Morgan fingerprint density at radius 2 is 2.06 bits per heavy atom. The second kappa shape index (κ2) is 8.42. The number of hydrogen-bond acceptors (Lipinski definition) is 4. The van der Waals surface area contributed by atoms with Crippen molar-refractivity contribution in [1.82, 2.24) is 4.90 Å². The van der Waals surface area contributed by atoms with Crippen LogP contribution in [0.25, 0.3) is 0 Å². The van der Waals surface area contributed by atoms with Gasteiger partial charge in [0.05, 0.1) is 11.6 Å². The standard InChI is InChI=1S/C12H24N2O2S/c1-5-7-10(12(15)16-6-2)14(4)9(3)8-11(13)17/h9-10H,5-8H2,1-4H3,(H2,13,17). The van der Waals surface area contributed by atoms with E-state index in [0.717, 1.165) is 12.8 Å². The molecule has 0 rings (SSSR count). The van der Waals surface area contributed by atoms with Crippen LogP contribution in [0.15, 0.2) is 0 Å². The van der Waals surface area contributed by atoms with Crippen molar-refractivity contribution in [3.8, 4) is 0 Å². The summed E-state index contributed by atoms with van der Waals surface area (Å²) < 4.78 is 5.09. The van der Waals surface area contributed by atoms with Crippen molar-refractivity contribution in [3.63, 3.8) is 0 Å². The summed E-state index contributed by atoms with van der Waals surface area (Å²) in [6, 6.07) is -0.0576. The lowest BCUT2D eigenvalue weighted by Gasteiger charge is -2.31. The number of carbonyl (C=O) groups excluding carboxylic acids is 1. The van der Waals surface area contributed by atoms with Crippen LogP contribution in [0.3, 0.4) is 0 Å². The highest BCUT2D eigenvalue weighted by molar-refractivity contribution is 7.80. The van der Waals surface area contributed by atoms with Crippen LogP contribution < -0.4 is 5.73 Å². The fourth-order valence-corrected chi connectivity index (χ4v) is 1.98. The van der Waals surface area contributed by atoms with E-state index in [9.17, 15) is 4.79 Å². The molecule has 0 aromatic heterocycles. The average molecular weight is 260 g/mol. The maximum atomic E-state index is 11.8. The fraction of sp³-hybridized carbons (Fsp3) is 0.833. The first kappa shape index (κ1) is 16.3. The number of thiocarbonyl (C=S) groups is 1. The van der Waals surface area contributed by atoms with Crippen molar-refractivity contribution in [2.45, 2.75) is 52.1 Å². The molecular formula is C12H24N2O2S. The lowest BCUT2D eigenvalue weighted by Crippen LogP contribution is -2.45. The molecule has 0 bridgehead atoms. The van der Waals surface area contributed by atoms with Crippen molar-refractivity contribution in [1.29, 1.82) is 0 Å². The molecule has 0 fully saturated rings. The number of ether oxygens (including phenoxy) is 1. The van der Waals surface area contributed by atoms with E-state index in [-0.39, 0.29) is 18.1 Å². The monoisotopic (exact) mass is 260 g/mol. The molecule has 0 amide bonds. The van der Waals surface area contributed by atoms with Crippen molar-refractivity contribution in [3.05, 3.63) is 0 Å². The summed E-state index contributed by atoms with van der Waals surface area (Å²) in [6.45, 7) is 6.30. The van der Waals surface area contributed by atoms with E-state index < -0.39 is 0 Å². The zero-order valence-corrected chi connectivity index (χ0v) is 12.0. The van der Waals surface area contributed by atoms with Gasteiger partial charge >= 0.3 is 5.97 Å². The van der Waals surface area contributed by atoms with Crippen LogP contribution in [0.4, 0.5) is 0 Å². The van der Waals surface area contributed by atoms with E-state index >= 15 is 0 Å². The van der Waals surface area contributed by atoms with Gasteiger partial charge in [0.1, 0.15) is 6.04 Å². The van der Waals surface area contributed by atoms with Gasteiger partial charge in [0.2, 0.25) is 0 Å². The summed E-state index contributed by atoms with van der Waals surface area (Å²) in [5.74, 6) is -0.161. The molecule has 0 saturated heterocycles. The summed E-state index contributed by atoms with van der Waals surface area (Å²) in [6.07, 6.45) is 2.34. The molecule has 0 aliphatic heterocycles. The van der Waals surface area contributed by atoms with Crippen molar-refractivity contribution in [2.75, 3.05) is 13.7 Å². The predicted octanol–water partition coefficient (Wildman–Crippen LogP) is 1.71. The average Bonchev–Trinajstić information content (AvgIpc) is 2.24. The van der Waals surface area contributed by atoms with E-state index in [0.29, 0.717) is 18.0 Å². The molecule has 5 heteroatoms. The lowest BCUT2D eigenvalue weighted by atomic mass is 10.1. The van der Waals surface area contributed by atoms with Gasteiger partial charge in [-0.05, 0) is 27.3 Å². The van der Waals surface area contributed by atoms with Crippen molar-refractivity contribution < 1.29 is 9.53 Å². The van der Waals surface area contributed by atoms with E-state index in [4.69, 9.17) is 22.7 Å². The Hall–Kier alpha value is -0.680. The second-order valence-corrected chi connectivity index (χ2v) is 4.77. The third-order valence-electron chi connectivity index (χ3n) is 2.80. The Balaban J connectivity index is 4.56. The highest BCUT2D eigenvalue weighted by Gasteiger charge is 2.27. The molecule has 0 heterocycles. The van der Waals surface area contributed by atoms with Crippen LogP contribution in [0.2, 0.25) is 0 Å². The molecule has 0 saturated carbocycles. The van der Waals surface area contributed by atoms with E-state index in [1.165, 1.54) is 0 Å². The summed E-state index contributed by atoms with van der Waals surface area (Å²) in [5.41, 5.74) is 5.53. The first-order valence-corrected chi connectivity index (χ1v) is 6.51. The van der Waals surface area contributed by atoms with Gasteiger partial charge in [-0.3, -0.25) is 9.69 Å². The summed E-state index contributed by atoms with van der Waals surface area (Å²) >= 11 is 4.89. The van der Waals surface area contributed by atoms with Crippen molar-refractivity contribution >= 4 is 23.2 Å². The Kier molecular flexibility index (Phi) is 8.08. The SMILES string of the molecule is CCCC(C(=O)OCC)N(C)C(C)CC(N)=S. The highest BCUT2D eigenvalue weighted by Crippen LogP contribution is 2.13. The topological polar surface area (TPSA) is 55.6 Å². The first-order valence-electron chi connectivity index (χ1n) is 6.10. The van der Waals surface area contributed by atoms with E-state index in [1.54, 1.807) is 0 Å². The van der Waals surface area contributed by atoms with Crippen molar-refractivity contribution in [2.24, 2.45) is 5.73 Å². The minimum atomic E-state index is -0.204. The number of nitrogens with zero attached hydrogens (tertiary/aromatic N) is 1. The van der Waals surface area contributed by atoms with Gasteiger partial charge in [-0.25, -0.2) is 0 Å². The molecule has 2 unspecified atom stereocenters. The third kappa shape index (κ3) is 5.98. The van der Waals surface area contributed by atoms with Gasteiger partial charge < -0.3 is 10.5 Å². The Morgan fingerprint density at radius 3 is 2.47 bits per heavy atom. The molecule has 0 radical (unpaired) electrons. The lowest BCUT2D eigenvalue weighted by molar-refractivity contribution is -0.150. The van der Waals surface area contributed by atoms with E-state index in [1.807, 2.05) is 25.8 Å². The smallest absolute Gasteiger partial charge is 0.323 e. The van der Waals surface area contributed by atoms with Crippen LogP contribution in [0.5, 0.6) is 0 Å². The maximum absolute atomic E-state index is 11.8. The van der Waals surface area contributed by atoms with Crippen LogP contribution in [0, 0.1) is 0 Å². The van der Waals surface area contributed by atoms with Crippen LogP contribution >= 0.6 is 12.2 Å². The summed E-state index contributed by atoms with van der Waals surface area (Å²) in [4.78, 5) is 14.3. The second-order valence-electron chi connectivity index (χ2n) is 4.24. The maximum Gasteiger partial charge on any atom is 0.323 e. The quantitative estimate of drug-likeness (QED) is 0.532. The minimum absolute atomic E-state index is 0.147. The van der Waals surface area contributed by atoms with Gasteiger partial charge in [0, 0.05) is 12.5 Å². The first-order chi connectivity index (χ1) is 7.93. The normalized spacial score (nSPS) is 14.4. The molecule has 4 nitrogen and oxygen atoms in total. The molecule has 0 aromatic rings. The predicted molar refractivity (Wildman–Crippen MR) is 74.0 cm³/mol. The molecule has 2 atom stereocenters. The fourth-order valence-electron chi connectivity index (χ4n) is 1.74. The van der Waals surface area contributed by atoms with Crippen LogP contribution in [-0.4, -0.2) is 41.6 Å². The molecular weight excluding hydrogens is 236 g/mol. The Labute approximate surface area is 109 Å². The minimum Gasteiger partial charge on any atom is -0.465 e. The highest BCUT2D eigenvalue weighted by atomic mass is 32.1. The Bertz CT molecular complexity index is 259. The molecule has 2 N–H and O–H groups in total. The molecule has 0 aliphatic carbocycles. The van der Waals surface area contributed by atoms with Crippen LogP contribution in [-0.2, 0) is 9.53 Å². The zero-order chi connectivity index (χ0) is 13.4. The number of carbonyl (C=O) groups is 1. The van der Waals surface area contributed by atoms with Gasteiger partial charge in [-0.15, -0.1) is 0 Å². The molecule has 0 aliphatic rings. The number of nitrogens with two attached hydrogens (primary N) is 1. The largest absolute Gasteiger partial charge is 0.465 e.